The van der Waals surface area contributed by atoms with Gasteiger partial charge in [-0.3, -0.25) is 14.4 Å². The summed E-state index contributed by atoms with van der Waals surface area (Å²) in [5, 5.41) is 0. The Labute approximate surface area is 408 Å². The van der Waals surface area contributed by atoms with E-state index in [1.54, 1.807) is 0 Å². The second kappa shape index (κ2) is 54.5. The van der Waals surface area contributed by atoms with E-state index in [1.807, 2.05) is 0 Å². The van der Waals surface area contributed by atoms with Crippen molar-refractivity contribution in [3.8, 4) is 0 Å². The molecular formula is C60H104O6. The van der Waals surface area contributed by atoms with Crippen LogP contribution >= 0.6 is 0 Å². The summed E-state index contributed by atoms with van der Waals surface area (Å²) in [7, 11) is 0. The third kappa shape index (κ3) is 51.8. The first-order chi connectivity index (χ1) is 32.5. The highest BCUT2D eigenvalue weighted by Gasteiger charge is 2.19. The van der Waals surface area contributed by atoms with Crippen LogP contribution in [0.15, 0.2) is 72.9 Å². The standard InChI is InChI=1S/C60H104O6/c1-4-7-10-13-16-19-22-25-28-30-32-35-38-41-44-47-50-53-59(62)65-56-57(55-64-58(61)52-49-46-43-40-37-34-27-24-21-18-15-12-9-6-3)66-60(63)54-51-48-45-42-39-36-33-31-29-26-23-20-17-14-11-8-5-2/h16-17,19-20,25-26,28-29,32,35,41,44,57H,4-15,18,21-24,27,30-31,33-34,36-40,42-43,45-56H2,1-3H3/b19-16-,20-17-,28-25-,29-26-,35-32-,44-41-. The fraction of sp³-hybridized carbons (Fsp3) is 0.750. The molecule has 0 rings (SSSR count). The minimum Gasteiger partial charge on any atom is -0.462 e. The lowest BCUT2D eigenvalue weighted by molar-refractivity contribution is -0.167. The van der Waals surface area contributed by atoms with E-state index in [9.17, 15) is 14.4 Å². The first-order valence-corrected chi connectivity index (χ1v) is 27.9. The molecule has 0 aliphatic rings. The minimum absolute atomic E-state index is 0.0936. The summed E-state index contributed by atoms with van der Waals surface area (Å²) < 4.78 is 16.8. The maximum atomic E-state index is 12.8. The van der Waals surface area contributed by atoms with Gasteiger partial charge in [-0.15, -0.1) is 0 Å². The van der Waals surface area contributed by atoms with Crippen LogP contribution in [0.4, 0.5) is 0 Å². The summed E-state index contributed by atoms with van der Waals surface area (Å²) in [4.78, 5) is 38.1. The van der Waals surface area contributed by atoms with Crippen LogP contribution < -0.4 is 0 Å². The third-order valence-corrected chi connectivity index (χ3v) is 11.9. The largest absolute Gasteiger partial charge is 0.462 e. The molecule has 0 heterocycles. The molecule has 1 atom stereocenters. The third-order valence-electron chi connectivity index (χ3n) is 11.9. The van der Waals surface area contributed by atoms with Crippen molar-refractivity contribution < 1.29 is 28.6 Å². The summed E-state index contributed by atoms with van der Waals surface area (Å²) >= 11 is 0. The molecule has 0 N–H and O–H groups in total. The molecule has 0 fully saturated rings. The van der Waals surface area contributed by atoms with Crippen molar-refractivity contribution in [1.29, 1.82) is 0 Å². The van der Waals surface area contributed by atoms with Crippen molar-refractivity contribution in [3.05, 3.63) is 72.9 Å². The summed E-state index contributed by atoms with van der Waals surface area (Å²) in [6.07, 6.45) is 68.9. The summed E-state index contributed by atoms with van der Waals surface area (Å²) in [5.74, 6) is -0.953. The molecule has 1 unspecified atom stereocenters. The SMILES string of the molecule is CCCCC/C=C\C/C=C\C/C=C\C/C=C\CCCC(=O)OCC(COC(=O)CCCCCCCCCCCCCCCC)OC(=O)CCCCCCCCC/C=C\C/C=C\CCCCC. The highest BCUT2D eigenvalue weighted by molar-refractivity contribution is 5.71. The monoisotopic (exact) mass is 921 g/mol. The Hall–Kier alpha value is -3.15. The Kier molecular flexibility index (Phi) is 51.9. The van der Waals surface area contributed by atoms with Crippen molar-refractivity contribution in [2.24, 2.45) is 0 Å². The van der Waals surface area contributed by atoms with Crippen LogP contribution in [0.2, 0.25) is 0 Å². The molecule has 0 aromatic rings. The minimum atomic E-state index is -0.800. The van der Waals surface area contributed by atoms with E-state index < -0.39 is 6.10 Å². The molecular weight excluding hydrogens is 817 g/mol. The Morgan fingerprint density at radius 2 is 0.561 bits per heavy atom. The molecule has 0 bridgehead atoms. The molecule has 0 aromatic carbocycles. The van der Waals surface area contributed by atoms with Crippen molar-refractivity contribution >= 4 is 17.9 Å². The van der Waals surface area contributed by atoms with E-state index in [1.165, 1.54) is 148 Å². The van der Waals surface area contributed by atoms with Gasteiger partial charge < -0.3 is 14.2 Å². The van der Waals surface area contributed by atoms with E-state index >= 15 is 0 Å². The number of unbranched alkanes of at least 4 members (excludes halogenated alkanes) is 27. The van der Waals surface area contributed by atoms with E-state index in [-0.39, 0.29) is 37.5 Å². The number of hydrogen-bond acceptors (Lipinski definition) is 6. The first-order valence-electron chi connectivity index (χ1n) is 27.9. The fourth-order valence-electron chi connectivity index (χ4n) is 7.70. The zero-order valence-corrected chi connectivity index (χ0v) is 43.4. The quantitative estimate of drug-likeness (QED) is 0.0262. The number of carbonyl (C=O) groups excluding carboxylic acids is 3. The van der Waals surface area contributed by atoms with Crippen LogP contribution in [0.25, 0.3) is 0 Å². The van der Waals surface area contributed by atoms with Gasteiger partial charge in [-0.25, -0.2) is 0 Å². The lowest BCUT2D eigenvalue weighted by atomic mass is 10.0. The van der Waals surface area contributed by atoms with Gasteiger partial charge >= 0.3 is 17.9 Å². The normalized spacial score (nSPS) is 12.6. The van der Waals surface area contributed by atoms with E-state index in [4.69, 9.17) is 14.2 Å². The molecule has 0 aliphatic carbocycles. The van der Waals surface area contributed by atoms with Crippen molar-refractivity contribution in [3.63, 3.8) is 0 Å². The van der Waals surface area contributed by atoms with E-state index in [0.717, 1.165) is 77.0 Å². The van der Waals surface area contributed by atoms with Gasteiger partial charge in [-0.05, 0) is 89.9 Å². The first kappa shape index (κ1) is 62.8. The van der Waals surface area contributed by atoms with Gasteiger partial charge in [0, 0.05) is 19.3 Å². The molecule has 380 valence electrons. The molecule has 6 heteroatoms. The average molecular weight is 921 g/mol. The van der Waals surface area contributed by atoms with Crippen LogP contribution in [0.1, 0.15) is 271 Å². The lowest BCUT2D eigenvalue weighted by Gasteiger charge is -2.18. The zero-order chi connectivity index (χ0) is 47.9. The number of ether oxygens (including phenoxy) is 3. The second-order valence-corrected chi connectivity index (χ2v) is 18.5. The lowest BCUT2D eigenvalue weighted by Crippen LogP contribution is -2.30. The molecule has 0 amide bonds. The topological polar surface area (TPSA) is 78.9 Å². The van der Waals surface area contributed by atoms with Gasteiger partial charge in [-0.2, -0.15) is 0 Å². The van der Waals surface area contributed by atoms with Gasteiger partial charge in [0.15, 0.2) is 6.10 Å². The smallest absolute Gasteiger partial charge is 0.306 e. The van der Waals surface area contributed by atoms with Crippen LogP contribution in [-0.4, -0.2) is 37.2 Å². The van der Waals surface area contributed by atoms with Crippen LogP contribution in [-0.2, 0) is 28.6 Å². The molecule has 0 saturated carbocycles. The van der Waals surface area contributed by atoms with Gasteiger partial charge in [-0.1, -0.05) is 235 Å². The van der Waals surface area contributed by atoms with Gasteiger partial charge in [0.1, 0.15) is 13.2 Å². The fourth-order valence-corrected chi connectivity index (χ4v) is 7.70. The Balaban J connectivity index is 4.47. The predicted octanol–water partition coefficient (Wildman–Crippen LogP) is 18.6. The molecule has 0 aromatic heterocycles. The van der Waals surface area contributed by atoms with Gasteiger partial charge in [0.05, 0.1) is 0 Å². The molecule has 66 heavy (non-hydrogen) atoms. The Morgan fingerprint density at radius 1 is 0.303 bits per heavy atom. The summed E-state index contributed by atoms with van der Waals surface area (Å²) in [6, 6.07) is 0. The Bertz CT molecular complexity index is 1240. The number of esters is 3. The highest BCUT2D eigenvalue weighted by atomic mass is 16.6. The summed E-state index contributed by atoms with van der Waals surface area (Å²) in [6.45, 7) is 6.55. The molecule has 0 radical (unpaired) electrons. The van der Waals surface area contributed by atoms with Crippen LogP contribution in [0.5, 0.6) is 0 Å². The molecule has 0 saturated heterocycles. The molecule has 0 aliphatic heterocycles. The maximum absolute atomic E-state index is 12.8. The maximum Gasteiger partial charge on any atom is 0.306 e. The van der Waals surface area contributed by atoms with E-state index in [0.29, 0.717) is 19.3 Å². The number of hydrogen-bond donors (Lipinski definition) is 0. The zero-order valence-electron chi connectivity index (χ0n) is 43.4. The van der Waals surface area contributed by atoms with Crippen molar-refractivity contribution in [2.45, 2.75) is 277 Å². The second-order valence-electron chi connectivity index (χ2n) is 18.5. The number of carbonyl (C=O) groups is 3. The number of allylic oxidation sites excluding steroid dienone is 12. The van der Waals surface area contributed by atoms with Crippen LogP contribution in [0, 0.1) is 0 Å². The average Bonchev–Trinajstić information content (AvgIpc) is 3.31. The summed E-state index contributed by atoms with van der Waals surface area (Å²) in [5.41, 5.74) is 0. The highest BCUT2D eigenvalue weighted by Crippen LogP contribution is 2.15. The van der Waals surface area contributed by atoms with Crippen molar-refractivity contribution in [1.82, 2.24) is 0 Å². The van der Waals surface area contributed by atoms with E-state index in [2.05, 4.69) is 93.7 Å². The number of rotatable bonds is 50. The molecule has 6 nitrogen and oxygen atoms in total. The van der Waals surface area contributed by atoms with Gasteiger partial charge in [0.2, 0.25) is 0 Å². The van der Waals surface area contributed by atoms with Gasteiger partial charge in [0.25, 0.3) is 0 Å². The van der Waals surface area contributed by atoms with Crippen molar-refractivity contribution in [2.75, 3.05) is 13.2 Å². The van der Waals surface area contributed by atoms with Crippen LogP contribution in [0.3, 0.4) is 0 Å². The Morgan fingerprint density at radius 3 is 0.939 bits per heavy atom. The predicted molar refractivity (Wildman–Crippen MR) is 284 cm³/mol. The molecule has 0 spiro atoms.